The maximum Gasteiger partial charge on any atom is 0.244 e. The van der Waals surface area contributed by atoms with E-state index in [1.165, 1.54) is 0 Å². The topological polar surface area (TPSA) is 97.0 Å². The SMILES string of the molecule is Cc1[nH]nc2c1[C@H](c1cc(Cl)c(OCc3ccc(Cl)cc3)c(Cl)c1)C(C#N)=C(N)O2. The van der Waals surface area contributed by atoms with E-state index in [2.05, 4.69) is 16.3 Å². The smallest absolute Gasteiger partial charge is 0.244 e. The third-order valence-corrected chi connectivity index (χ3v) is 5.59. The van der Waals surface area contributed by atoms with Crippen molar-refractivity contribution in [1.29, 1.82) is 5.26 Å². The molecule has 3 N–H and O–H groups in total. The molecule has 4 rings (SSSR count). The van der Waals surface area contributed by atoms with Crippen molar-refractivity contribution in [2.75, 3.05) is 0 Å². The number of fused-ring (bicyclic) bond motifs is 1. The molecule has 0 amide bonds. The second kappa shape index (κ2) is 8.11. The molecule has 1 aliphatic rings. The van der Waals surface area contributed by atoms with Crippen molar-refractivity contribution in [3.05, 3.63) is 85.3 Å². The van der Waals surface area contributed by atoms with Gasteiger partial charge in [-0.25, -0.2) is 0 Å². The molecule has 0 radical (unpaired) electrons. The zero-order chi connectivity index (χ0) is 21.4. The Morgan fingerprint density at radius 1 is 1.20 bits per heavy atom. The number of nitrogens with two attached hydrogens (primary N) is 1. The van der Waals surface area contributed by atoms with Crippen LogP contribution in [0.25, 0.3) is 0 Å². The molecule has 9 heteroatoms. The summed E-state index contributed by atoms with van der Waals surface area (Å²) in [6.45, 7) is 2.11. The van der Waals surface area contributed by atoms with Gasteiger partial charge in [-0.1, -0.05) is 46.9 Å². The van der Waals surface area contributed by atoms with Crippen LogP contribution in [0.4, 0.5) is 0 Å². The molecular formula is C21H15Cl3N4O2. The highest BCUT2D eigenvalue weighted by atomic mass is 35.5. The van der Waals surface area contributed by atoms with Gasteiger partial charge < -0.3 is 15.2 Å². The van der Waals surface area contributed by atoms with Gasteiger partial charge in [0.25, 0.3) is 0 Å². The number of hydrogen-bond donors (Lipinski definition) is 2. The number of aromatic nitrogens is 2. The van der Waals surface area contributed by atoms with Crippen LogP contribution in [0.3, 0.4) is 0 Å². The number of allylic oxidation sites excluding steroid dienone is 1. The third kappa shape index (κ3) is 3.68. The molecule has 6 nitrogen and oxygen atoms in total. The second-order valence-corrected chi connectivity index (χ2v) is 7.97. The van der Waals surface area contributed by atoms with Crippen molar-refractivity contribution in [2.24, 2.45) is 5.73 Å². The summed E-state index contributed by atoms with van der Waals surface area (Å²) in [6, 6.07) is 12.8. The summed E-state index contributed by atoms with van der Waals surface area (Å²) >= 11 is 18.9. The van der Waals surface area contributed by atoms with E-state index in [0.29, 0.717) is 37.8 Å². The highest BCUT2D eigenvalue weighted by Crippen LogP contribution is 2.45. The van der Waals surface area contributed by atoms with Crippen molar-refractivity contribution < 1.29 is 9.47 Å². The quantitative estimate of drug-likeness (QED) is 0.536. The van der Waals surface area contributed by atoms with Gasteiger partial charge in [-0.2, -0.15) is 5.26 Å². The number of aromatic amines is 1. The summed E-state index contributed by atoms with van der Waals surface area (Å²) in [4.78, 5) is 0. The van der Waals surface area contributed by atoms with Gasteiger partial charge in [0.15, 0.2) is 5.75 Å². The van der Waals surface area contributed by atoms with E-state index in [-0.39, 0.29) is 18.1 Å². The molecule has 0 unspecified atom stereocenters. The Kier molecular flexibility index (Phi) is 5.52. The molecule has 3 aromatic rings. The fourth-order valence-electron chi connectivity index (χ4n) is 3.35. The Bertz CT molecular complexity index is 1170. The highest BCUT2D eigenvalue weighted by molar-refractivity contribution is 6.37. The summed E-state index contributed by atoms with van der Waals surface area (Å²) in [6.07, 6.45) is 0. The van der Waals surface area contributed by atoms with E-state index in [0.717, 1.165) is 11.3 Å². The van der Waals surface area contributed by atoms with Crippen LogP contribution in [0.15, 0.2) is 47.9 Å². The normalized spacial score (nSPS) is 15.4. The number of rotatable bonds is 4. The van der Waals surface area contributed by atoms with Gasteiger partial charge in [0.2, 0.25) is 11.8 Å². The molecule has 0 fully saturated rings. The zero-order valence-electron chi connectivity index (χ0n) is 15.7. The lowest BCUT2D eigenvalue weighted by Gasteiger charge is -2.24. The third-order valence-electron chi connectivity index (χ3n) is 4.78. The average molecular weight is 462 g/mol. The Balaban J connectivity index is 1.70. The molecule has 0 spiro atoms. The van der Waals surface area contributed by atoms with E-state index in [1.54, 1.807) is 24.3 Å². The molecule has 1 aromatic heterocycles. The molecule has 2 aromatic carbocycles. The van der Waals surface area contributed by atoms with Crippen LogP contribution in [0.2, 0.25) is 15.1 Å². The predicted molar refractivity (Wildman–Crippen MR) is 115 cm³/mol. The first-order valence-corrected chi connectivity index (χ1v) is 10.0. The maximum absolute atomic E-state index is 9.67. The van der Waals surface area contributed by atoms with E-state index in [4.69, 9.17) is 50.0 Å². The van der Waals surface area contributed by atoms with Crippen LogP contribution >= 0.6 is 34.8 Å². The number of H-pyrrole nitrogens is 1. The summed E-state index contributed by atoms with van der Waals surface area (Å²) in [7, 11) is 0. The van der Waals surface area contributed by atoms with Crippen LogP contribution in [0.5, 0.6) is 11.6 Å². The summed E-state index contributed by atoms with van der Waals surface area (Å²) < 4.78 is 11.3. The lowest BCUT2D eigenvalue weighted by molar-refractivity contribution is 0.306. The molecule has 0 aliphatic carbocycles. The van der Waals surface area contributed by atoms with E-state index in [9.17, 15) is 5.26 Å². The number of nitrogens with one attached hydrogen (secondary N) is 1. The Labute approximate surface area is 187 Å². The van der Waals surface area contributed by atoms with Crippen molar-refractivity contribution >= 4 is 34.8 Å². The fraction of sp³-hybridized carbons (Fsp3) is 0.143. The Morgan fingerprint density at radius 2 is 1.87 bits per heavy atom. The van der Waals surface area contributed by atoms with Gasteiger partial charge in [-0.15, -0.1) is 5.10 Å². The standard InChI is InChI=1S/C21H15Cl3N4O2/c1-10-17-18(14(8-25)20(26)30-21(17)28-27-10)12-6-15(23)19(16(24)7-12)29-9-11-2-4-13(22)5-3-11/h2-7,18H,9,26H2,1H3,(H,27,28)/t18-/m1/s1. The molecule has 1 aliphatic heterocycles. The van der Waals surface area contributed by atoms with Gasteiger partial charge in [0, 0.05) is 16.3 Å². The number of ether oxygens (including phenoxy) is 2. The van der Waals surface area contributed by atoms with E-state index >= 15 is 0 Å². The maximum atomic E-state index is 9.67. The molecule has 1 atom stereocenters. The van der Waals surface area contributed by atoms with Crippen LogP contribution in [-0.2, 0) is 6.61 Å². The molecule has 0 saturated carbocycles. The second-order valence-electron chi connectivity index (χ2n) is 6.72. The van der Waals surface area contributed by atoms with Gasteiger partial charge in [0.1, 0.15) is 18.2 Å². The van der Waals surface area contributed by atoms with Crippen LogP contribution in [-0.4, -0.2) is 10.2 Å². The van der Waals surface area contributed by atoms with Crippen LogP contribution < -0.4 is 15.2 Å². The summed E-state index contributed by atoms with van der Waals surface area (Å²) in [5.41, 5.74) is 9.27. The first-order chi connectivity index (χ1) is 14.4. The lowest BCUT2D eigenvalue weighted by Crippen LogP contribution is -2.21. The minimum atomic E-state index is -0.516. The van der Waals surface area contributed by atoms with Crippen LogP contribution in [0, 0.1) is 18.3 Å². The lowest BCUT2D eigenvalue weighted by atomic mass is 9.84. The van der Waals surface area contributed by atoms with E-state index < -0.39 is 5.92 Å². The first-order valence-electron chi connectivity index (χ1n) is 8.87. The number of nitrogens with zero attached hydrogens (tertiary/aromatic N) is 2. The first kappa shape index (κ1) is 20.4. The number of benzene rings is 2. The van der Waals surface area contributed by atoms with Gasteiger partial charge >= 0.3 is 0 Å². The Morgan fingerprint density at radius 3 is 2.50 bits per heavy atom. The van der Waals surface area contributed by atoms with Crippen molar-refractivity contribution in [1.82, 2.24) is 10.2 Å². The Hall–Kier alpha value is -2.85. The van der Waals surface area contributed by atoms with E-state index in [1.807, 2.05) is 19.1 Å². The van der Waals surface area contributed by atoms with Crippen molar-refractivity contribution in [3.63, 3.8) is 0 Å². The van der Waals surface area contributed by atoms with Gasteiger partial charge in [-0.3, -0.25) is 5.10 Å². The minimum absolute atomic E-state index is 0.00295. The largest absolute Gasteiger partial charge is 0.486 e. The van der Waals surface area contributed by atoms with Gasteiger partial charge in [-0.05, 0) is 42.3 Å². The molecule has 152 valence electrons. The number of nitriles is 1. The molecule has 0 saturated heterocycles. The predicted octanol–water partition coefficient (Wildman–Crippen LogP) is 5.48. The molecule has 30 heavy (non-hydrogen) atoms. The molecule has 2 heterocycles. The number of halogens is 3. The van der Waals surface area contributed by atoms with Gasteiger partial charge in [0.05, 0.1) is 16.0 Å². The van der Waals surface area contributed by atoms with Crippen molar-refractivity contribution in [2.45, 2.75) is 19.4 Å². The number of aryl methyl sites for hydroxylation is 1. The summed E-state index contributed by atoms with van der Waals surface area (Å²) in [5.74, 6) is 0.155. The minimum Gasteiger partial charge on any atom is -0.486 e. The number of hydrogen-bond acceptors (Lipinski definition) is 5. The summed E-state index contributed by atoms with van der Waals surface area (Å²) in [5, 5.41) is 17.9. The van der Waals surface area contributed by atoms with Crippen molar-refractivity contribution in [3.8, 4) is 17.7 Å². The molecular weight excluding hydrogens is 447 g/mol. The molecule has 0 bridgehead atoms. The highest BCUT2D eigenvalue weighted by Gasteiger charge is 2.35. The average Bonchev–Trinajstić information content (AvgIpc) is 3.07. The zero-order valence-corrected chi connectivity index (χ0v) is 17.9. The fourth-order valence-corrected chi connectivity index (χ4v) is 4.09. The monoisotopic (exact) mass is 460 g/mol. The van der Waals surface area contributed by atoms with Crippen LogP contribution in [0.1, 0.15) is 28.3 Å².